The van der Waals surface area contributed by atoms with E-state index in [0.717, 1.165) is 4.47 Å². The zero-order chi connectivity index (χ0) is 13.8. The molecule has 1 aromatic rings. The fraction of sp³-hybridized carbons (Fsp3) is 0.500. The number of halogens is 1. The minimum absolute atomic E-state index is 0.124. The van der Waals surface area contributed by atoms with Gasteiger partial charge in [-0.15, -0.1) is 11.3 Å². The number of likely N-dealkylation sites (N-methyl/N-ethyl adjacent to an activating group) is 1. The van der Waals surface area contributed by atoms with Crippen LogP contribution in [0.2, 0.25) is 0 Å². The van der Waals surface area contributed by atoms with Gasteiger partial charge in [-0.25, -0.2) is 0 Å². The Balaban J connectivity index is 2.18. The number of carbonyl (C=O) groups excluding carboxylic acids is 2. The molecule has 104 valence electrons. The normalized spacial score (nSPS) is 19.3. The Morgan fingerprint density at radius 1 is 1.63 bits per heavy atom. The molecule has 1 fully saturated rings. The number of hydrogen-bond donors (Lipinski definition) is 1. The second-order valence-corrected chi connectivity index (χ2v) is 5.85. The molecule has 1 atom stereocenters. The van der Waals surface area contributed by atoms with E-state index in [9.17, 15) is 9.59 Å². The van der Waals surface area contributed by atoms with Gasteiger partial charge in [0.25, 0.3) is 5.91 Å². The molecule has 0 saturated carbocycles. The lowest BCUT2D eigenvalue weighted by molar-refractivity contribution is -0.130. The van der Waals surface area contributed by atoms with Crippen LogP contribution in [0.3, 0.4) is 0 Å². The minimum Gasteiger partial charge on any atom is -0.377 e. The van der Waals surface area contributed by atoms with E-state index in [4.69, 9.17) is 4.74 Å². The minimum atomic E-state index is -0.546. The highest BCUT2D eigenvalue weighted by molar-refractivity contribution is 9.10. The standard InChI is InChI=1S/C12H15BrN2O3S/c1-2-14-11(16)9-7-18-5-4-15(9)12(17)10-8(13)3-6-19-10/h3,6,9H,2,4-5,7H2,1H3,(H,14,16). The summed E-state index contributed by atoms with van der Waals surface area (Å²) in [6, 6.07) is 1.29. The number of morpholine rings is 1. The Morgan fingerprint density at radius 3 is 3.05 bits per heavy atom. The van der Waals surface area contributed by atoms with Gasteiger partial charge in [0.1, 0.15) is 10.9 Å². The number of carbonyl (C=O) groups is 2. The van der Waals surface area contributed by atoms with Gasteiger partial charge < -0.3 is 15.0 Å². The van der Waals surface area contributed by atoms with Crippen molar-refractivity contribution in [1.29, 1.82) is 0 Å². The molecule has 1 saturated heterocycles. The van der Waals surface area contributed by atoms with Crippen molar-refractivity contribution in [3.05, 3.63) is 20.8 Å². The van der Waals surface area contributed by atoms with E-state index in [1.807, 2.05) is 18.4 Å². The van der Waals surface area contributed by atoms with Gasteiger partial charge in [-0.05, 0) is 34.3 Å². The predicted octanol–water partition coefficient (Wildman–Crippen LogP) is 1.49. The van der Waals surface area contributed by atoms with Crippen LogP contribution >= 0.6 is 27.3 Å². The molecule has 1 unspecified atom stereocenters. The fourth-order valence-electron chi connectivity index (χ4n) is 1.93. The molecule has 0 bridgehead atoms. The second kappa shape index (κ2) is 6.49. The maximum Gasteiger partial charge on any atom is 0.265 e. The Morgan fingerprint density at radius 2 is 2.42 bits per heavy atom. The zero-order valence-corrected chi connectivity index (χ0v) is 12.9. The molecule has 0 spiro atoms. The molecule has 0 radical (unpaired) electrons. The maximum atomic E-state index is 12.5. The Kier molecular flexibility index (Phi) is 4.95. The molecular formula is C12H15BrN2O3S. The lowest BCUT2D eigenvalue weighted by Crippen LogP contribution is -2.55. The summed E-state index contributed by atoms with van der Waals surface area (Å²) in [5.74, 6) is -0.287. The van der Waals surface area contributed by atoms with Crippen LogP contribution in [-0.2, 0) is 9.53 Å². The molecule has 19 heavy (non-hydrogen) atoms. The summed E-state index contributed by atoms with van der Waals surface area (Å²) in [6.07, 6.45) is 0. The van der Waals surface area contributed by atoms with Crippen LogP contribution in [0.4, 0.5) is 0 Å². The van der Waals surface area contributed by atoms with Crippen molar-refractivity contribution in [1.82, 2.24) is 10.2 Å². The Hall–Kier alpha value is -0.920. The summed E-state index contributed by atoms with van der Waals surface area (Å²) in [7, 11) is 0. The summed E-state index contributed by atoms with van der Waals surface area (Å²) < 4.78 is 6.08. The highest BCUT2D eigenvalue weighted by Crippen LogP contribution is 2.25. The van der Waals surface area contributed by atoms with E-state index in [2.05, 4.69) is 21.2 Å². The highest BCUT2D eigenvalue weighted by atomic mass is 79.9. The van der Waals surface area contributed by atoms with Gasteiger partial charge in [-0.2, -0.15) is 0 Å². The van der Waals surface area contributed by atoms with E-state index in [1.54, 1.807) is 4.90 Å². The molecule has 0 aromatic carbocycles. The van der Waals surface area contributed by atoms with Gasteiger partial charge in [-0.1, -0.05) is 0 Å². The molecule has 7 heteroatoms. The Bertz CT molecular complexity index is 477. The number of rotatable bonds is 3. The van der Waals surface area contributed by atoms with Crippen LogP contribution < -0.4 is 5.32 Å². The van der Waals surface area contributed by atoms with Crippen LogP contribution in [-0.4, -0.2) is 49.1 Å². The second-order valence-electron chi connectivity index (χ2n) is 4.08. The molecule has 1 aromatic heterocycles. The van der Waals surface area contributed by atoms with Crippen LogP contribution in [0.25, 0.3) is 0 Å². The quantitative estimate of drug-likeness (QED) is 0.901. The van der Waals surface area contributed by atoms with Gasteiger partial charge in [0.05, 0.1) is 13.2 Å². The van der Waals surface area contributed by atoms with E-state index >= 15 is 0 Å². The first-order chi connectivity index (χ1) is 9.15. The molecule has 2 heterocycles. The third kappa shape index (κ3) is 3.16. The van der Waals surface area contributed by atoms with E-state index < -0.39 is 6.04 Å². The summed E-state index contributed by atoms with van der Waals surface area (Å²) in [5.41, 5.74) is 0. The van der Waals surface area contributed by atoms with Crippen LogP contribution in [0.1, 0.15) is 16.6 Å². The molecular weight excluding hydrogens is 332 g/mol. The number of nitrogens with one attached hydrogen (secondary N) is 1. The molecule has 2 rings (SSSR count). The lowest BCUT2D eigenvalue weighted by Gasteiger charge is -2.34. The van der Waals surface area contributed by atoms with Gasteiger partial charge in [-0.3, -0.25) is 9.59 Å². The van der Waals surface area contributed by atoms with Crippen LogP contribution in [0, 0.1) is 0 Å². The topological polar surface area (TPSA) is 58.6 Å². The average molecular weight is 347 g/mol. The number of hydrogen-bond acceptors (Lipinski definition) is 4. The van der Waals surface area contributed by atoms with Crippen molar-refractivity contribution in [3.63, 3.8) is 0 Å². The van der Waals surface area contributed by atoms with Gasteiger partial charge >= 0.3 is 0 Å². The van der Waals surface area contributed by atoms with Crippen molar-refractivity contribution >= 4 is 39.1 Å². The van der Waals surface area contributed by atoms with Crippen molar-refractivity contribution in [2.24, 2.45) is 0 Å². The molecule has 2 amide bonds. The van der Waals surface area contributed by atoms with Gasteiger partial charge in [0.15, 0.2) is 0 Å². The summed E-state index contributed by atoms with van der Waals surface area (Å²) in [6.45, 7) is 3.54. The fourth-order valence-corrected chi connectivity index (χ4v) is 3.43. The van der Waals surface area contributed by atoms with E-state index in [0.29, 0.717) is 24.6 Å². The summed E-state index contributed by atoms with van der Waals surface area (Å²) in [4.78, 5) is 26.7. The first-order valence-corrected chi connectivity index (χ1v) is 7.71. The van der Waals surface area contributed by atoms with E-state index in [1.165, 1.54) is 11.3 Å². The van der Waals surface area contributed by atoms with Crippen LogP contribution in [0.5, 0.6) is 0 Å². The third-order valence-electron chi connectivity index (χ3n) is 2.85. The largest absolute Gasteiger partial charge is 0.377 e. The summed E-state index contributed by atoms with van der Waals surface area (Å²) in [5, 5.41) is 4.58. The number of thiophene rings is 1. The van der Waals surface area contributed by atoms with Crippen molar-refractivity contribution in [2.45, 2.75) is 13.0 Å². The van der Waals surface area contributed by atoms with Crippen molar-refractivity contribution in [2.75, 3.05) is 26.3 Å². The Labute approximate surface area is 124 Å². The molecule has 1 aliphatic heterocycles. The smallest absolute Gasteiger partial charge is 0.265 e. The molecule has 0 aliphatic carbocycles. The maximum absolute atomic E-state index is 12.5. The number of amides is 2. The molecule has 5 nitrogen and oxygen atoms in total. The first kappa shape index (κ1) is 14.5. The predicted molar refractivity (Wildman–Crippen MR) is 76.3 cm³/mol. The monoisotopic (exact) mass is 346 g/mol. The van der Waals surface area contributed by atoms with Crippen molar-refractivity contribution in [3.8, 4) is 0 Å². The molecule has 1 N–H and O–H groups in total. The first-order valence-electron chi connectivity index (χ1n) is 6.04. The molecule has 1 aliphatic rings. The highest BCUT2D eigenvalue weighted by Gasteiger charge is 2.34. The van der Waals surface area contributed by atoms with Gasteiger partial charge in [0.2, 0.25) is 5.91 Å². The number of ether oxygens (including phenoxy) is 1. The average Bonchev–Trinajstić information content (AvgIpc) is 2.84. The summed E-state index contributed by atoms with van der Waals surface area (Å²) >= 11 is 4.72. The van der Waals surface area contributed by atoms with E-state index in [-0.39, 0.29) is 18.4 Å². The third-order valence-corrected chi connectivity index (χ3v) is 4.68. The SMILES string of the molecule is CCNC(=O)C1COCCN1C(=O)c1sccc1Br. The van der Waals surface area contributed by atoms with Gasteiger partial charge in [0, 0.05) is 17.6 Å². The van der Waals surface area contributed by atoms with Crippen LogP contribution in [0.15, 0.2) is 15.9 Å². The van der Waals surface area contributed by atoms with Crippen molar-refractivity contribution < 1.29 is 14.3 Å². The number of nitrogens with zero attached hydrogens (tertiary/aromatic N) is 1. The zero-order valence-electron chi connectivity index (χ0n) is 10.5. The lowest BCUT2D eigenvalue weighted by atomic mass is 10.2.